The monoisotopic (exact) mass is 920 g/mol. The summed E-state index contributed by atoms with van der Waals surface area (Å²) in [5.74, 6) is -1.73. The topological polar surface area (TPSA) is 171 Å². The Morgan fingerprint density at radius 3 is 2.52 bits per heavy atom. The molecule has 14 nitrogen and oxygen atoms in total. The first kappa shape index (κ1) is 48.3. The fraction of sp³-hybridized carbons (Fsp3) is 0.566. The van der Waals surface area contributed by atoms with E-state index in [2.05, 4.69) is 54.2 Å². The molecule has 4 aromatic rings. The van der Waals surface area contributed by atoms with Crippen LogP contribution in [0.5, 0.6) is 5.75 Å². The van der Waals surface area contributed by atoms with Gasteiger partial charge in [-0.15, -0.1) is 0 Å². The van der Waals surface area contributed by atoms with E-state index in [1.54, 1.807) is 32.5 Å². The molecule has 2 aromatic heterocycles. The average Bonchev–Trinajstić information content (AvgIpc) is 3.86. The van der Waals surface area contributed by atoms with Crippen molar-refractivity contribution in [2.24, 2.45) is 16.7 Å². The second-order valence-corrected chi connectivity index (χ2v) is 20.6. The maximum absolute atomic E-state index is 14.8. The smallest absolute Gasteiger partial charge is 0.323 e. The third-order valence-electron chi connectivity index (χ3n) is 14.7. The van der Waals surface area contributed by atoms with Crippen molar-refractivity contribution in [1.29, 1.82) is 0 Å². The van der Waals surface area contributed by atoms with Crippen molar-refractivity contribution in [2.45, 2.75) is 136 Å². The van der Waals surface area contributed by atoms with E-state index < -0.39 is 47.6 Å². The largest absolute Gasteiger partial charge is 0.508 e. The molecule has 6 heterocycles. The fourth-order valence-corrected chi connectivity index (χ4v) is 11.0. The van der Waals surface area contributed by atoms with E-state index in [9.17, 15) is 24.3 Å². The predicted molar refractivity (Wildman–Crippen MR) is 255 cm³/mol. The molecule has 67 heavy (non-hydrogen) atoms. The van der Waals surface area contributed by atoms with Crippen molar-refractivity contribution in [1.82, 2.24) is 25.1 Å². The Morgan fingerprint density at radius 1 is 1.03 bits per heavy atom. The van der Waals surface area contributed by atoms with Gasteiger partial charge in [-0.3, -0.25) is 29.5 Å². The van der Waals surface area contributed by atoms with Gasteiger partial charge in [0.25, 0.3) is 5.91 Å². The number of benzene rings is 2. The number of aromatic hydroxyl groups is 1. The molecule has 8 rings (SSSR count). The molecular formula is C53H69N5O9. The molecule has 4 aliphatic rings. The van der Waals surface area contributed by atoms with Gasteiger partial charge >= 0.3 is 5.97 Å². The summed E-state index contributed by atoms with van der Waals surface area (Å²) in [5.41, 5.74) is 6.50. The summed E-state index contributed by atoms with van der Waals surface area (Å²) in [6.07, 6.45) is 5.22. The fourth-order valence-electron chi connectivity index (χ4n) is 11.0. The summed E-state index contributed by atoms with van der Waals surface area (Å²) >= 11 is 0. The van der Waals surface area contributed by atoms with Crippen molar-refractivity contribution in [2.75, 3.05) is 40.6 Å². The Balaban J connectivity index is 1.18. The van der Waals surface area contributed by atoms with Crippen LogP contribution in [0.25, 0.3) is 33.3 Å². The first-order valence-corrected chi connectivity index (χ1v) is 24.2. The minimum Gasteiger partial charge on any atom is -0.508 e. The number of hydrogen-bond donors (Lipinski definition) is 3. The van der Waals surface area contributed by atoms with Crippen LogP contribution in [-0.2, 0) is 57.5 Å². The van der Waals surface area contributed by atoms with E-state index in [-0.39, 0.29) is 47.9 Å². The quantitative estimate of drug-likeness (QED) is 0.146. The number of nitrogens with zero attached hydrogens (tertiary/aromatic N) is 3. The number of hydrogen-bond acceptors (Lipinski definition) is 11. The Kier molecular flexibility index (Phi) is 14.3. The number of likely N-dealkylation sites (N-methyl/N-ethyl adjacent to an activating group) is 1. The number of rotatable bonds is 9. The van der Waals surface area contributed by atoms with E-state index in [1.807, 2.05) is 39.0 Å². The van der Waals surface area contributed by atoms with E-state index in [0.717, 1.165) is 57.4 Å². The third kappa shape index (κ3) is 10.0. The van der Waals surface area contributed by atoms with Crippen LogP contribution >= 0.6 is 0 Å². The van der Waals surface area contributed by atoms with E-state index >= 15 is 0 Å². The van der Waals surface area contributed by atoms with Crippen LogP contribution in [0.1, 0.15) is 103 Å². The van der Waals surface area contributed by atoms with Gasteiger partial charge in [0, 0.05) is 67.4 Å². The minimum absolute atomic E-state index is 0.0177. The number of phenolic OH excluding ortho intramolecular Hbond substituents is 1. The number of fused-ring (bicyclic) bond motifs is 6. The number of ether oxygens (including phenoxy) is 4. The molecule has 0 saturated carbocycles. The number of Topliss-reactive ketones (excluding diaryl/α,β-unsaturated/α-hetero) is 1. The number of cyclic esters (lactones) is 1. The summed E-state index contributed by atoms with van der Waals surface area (Å²) in [4.78, 5) is 63.8. The first-order chi connectivity index (χ1) is 32.0. The Morgan fingerprint density at radius 2 is 1.79 bits per heavy atom. The molecule has 6 atom stereocenters. The normalized spacial score (nSPS) is 24.0. The maximum atomic E-state index is 14.8. The Hall–Kier alpha value is -5.15. The summed E-state index contributed by atoms with van der Waals surface area (Å²) in [5, 5.41) is 18.8. The van der Waals surface area contributed by atoms with Crippen LogP contribution in [0, 0.1) is 16.7 Å². The lowest BCUT2D eigenvalue weighted by Crippen LogP contribution is -2.60. The van der Waals surface area contributed by atoms with E-state index in [0.29, 0.717) is 64.0 Å². The zero-order valence-corrected chi connectivity index (χ0v) is 40.5. The molecule has 2 unspecified atom stereocenters. The Bertz CT molecular complexity index is 2490. The molecule has 360 valence electrons. The van der Waals surface area contributed by atoms with Gasteiger partial charge in [-0.2, -0.15) is 0 Å². The van der Waals surface area contributed by atoms with Crippen molar-refractivity contribution >= 4 is 34.5 Å². The first-order valence-electron chi connectivity index (χ1n) is 24.2. The lowest BCUT2D eigenvalue weighted by Gasteiger charge is -2.35. The second-order valence-electron chi connectivity index (χ2n) is 20.6. The third-order valence-corrected chi connectivity index (χ3v) is 14.7. The van der Waals surface area contributed by atoms with Crippen LogP contribution in [0.15, 0.2) is 54.7 Å². The summed E-state index contributed by atoms with van der Waals surface area (Å²) in [7, 11) is 3.31. The SMILES string of the molecule is CCn1c(-c2cccnc2[C@H](C)OC)c2c3cc(ccc31)-c1cc(O)cc(c1)C[C@H](NC(=O)[C@H](C(C)C)N(C)C(=O)C1CC3(CCOCC3)CO1)C(=O)C1CCC[C@H](N1)C(=O)OCC(C)(C)C2. The average molecular weight is 920 g/mol. The van der Waals surface area contributed by atoms with Crippen LogP contribution in [-0.4, -0.2) is 114 Å². The molecule has 0 aliphatic carbocycles. The molecule has 2 aromatic carbocycles. The Labute approximate surface area is 394 Å². The lowest BCUT2D eigenvalue weighted by molar-refractivity contribution is -0.150. The van der Waals surface area contributed by atoms with Gasteiger partial charge < -0.3 is 38.8 Å². The molecule has 6 bridgehead atoms. The highest BCUT2D eigenvalue weighted by Crippen LogP contribution is 2.44. The van der Waals surface area contributed by atoms with Gasteiger partial charge in [-0.25, -0.2) is 0 Å². The standard InChI is InChI=1S/C53H69N5O9/c1-9-58-43-16-15-34-26-38(43)39(47(58)37-12-11-19-54-45(37)32(4)64-8)27-52(5,6)29-67-51(63)41-14-10-13-40(55-41)48(60)42(24-33-22-35(34)25-36(59)23-33)56-49(61)46(31(2)3)57(7)50(62)44-28-53(30-66-44)17-20-65-21-18-53/h11-12,15-16,19,22-23,25-26,31-32,40-42,44,46,55,59H,9-10,13-14,17-18,20-21,24,27-30H2,1-8H3,(H,56,61)/t32-,40?,41-,42-,44?,46-/m0/s1. The number of amides is 2. The summed E-state index contributed by atoms with van der Waals surface area (Å²) in [6, 6.07) is 12.2. The molecule has 1 spiro atoms. The molecule has 3 saturated heterocycles. The van der Waals surface area contributed by atoms with Crippen molar-refractivity contribution < 1.29 is 43.2 Å². The molecule has 3 N–H and O–H groups in total. The molecule has 14 heteroatoms. The number of phenols is 1. The molecule has 3 fully saturated rings. The number of piperidine rings is 1. The van der Waals surface area contributed by atoms with Crippen LogP contribution in [0.2, 0.25) is 0 Å². The molecular weight excluding hydrogens is 851 g/mol. The highest BCUT2D eigenvalue weighted by Gasteiger charge is 2.46. The zero-order valence-electron chi connectivity index (χ0n) is 40.5. The van der Waals surface area contributed by atoms with Gasteiger partial charge in [0.2, 0.25) is 5.91 Å². The van der Waals surface area contributed by atoms with Gasteiger partial charge in [0.1, 0.15) is 23.9 Å². The maximum Gasteiger partial charge on any atom is 0.323 e. The van der Waals surface area contributed by atoms with Crippen LogP contribution in [0.3, 0.4) is 0 Å². The molecule has 2 amide bonds. The van der Waals surface area contributed by atoms with Gasteiger partial charge in [0.05, 0.1) is 42.8 Å². The highest BCUT2D eigenvalue weighted by molar-refractivity contribution is 5.97. The molecule has 0 radical (unpaired) electrons. The highest BCUT2D eigenvalue weighted by atomic mass is 16.5. The number of pyridine rings is 1. The molecule has 4 aliphatic heterocycles. The number of methoxy groups -OCH3 is 1. The second kappa shape index (κ2) is 19.8. The van der Waals surface area contributed by atoms with Crippen molar-refractivity contribution in [3.05, 3.63) is 71.5 Å². The summed E-state index contributed by atoms with van der Waals surface area (Å²) in [6.45, 7) is 14.6. The van der Waals surface area contributed by atoms with Crippen LogP contribution in [0.4, 0.5) is 0 Å². The van der Waals surface area contributed by atoms with Gasteiger partial charge in [0.15, 0.2) is 5.78 Å². The van der Waals surface area contributed by atoms with Crippen molar-refractivity contribution in [3.63, 3.8) is 0 Å². The number of esters is 1. The van der Waals surface area contributed by atoms with Crippen molar-refractivity contribution in [3.8, 4) is 28.1 Å². The number of ketones is 1. The van der Waals surface area contributed by atoms with E-state index in [1.165, 1.54) is 4.90 Å². The van der Waals surface area contributed by atoms with Gasteiger partial charge in [-0.05, 0) is 130 Å². The predicted octanol–water partition coefficient (Wildman–Crippen LogP) is 7.10. The van der Waals surface area contributed by atoms with Crippen LogP contribution < -0.4 is 10.6 Å². The lowest BCUT2D eigenvalue weighted by atomic mass is 9.78. The summed E-state index contributed by atoms with van der Waals surface area (Å²) < 4.78 is 26.0. The number of aromatic nitrogens is 2. The number of aryl methyl sites for hydroxylation is 1. The van der Waals surface area contributed by atoms with Gasteiger partial charge in [-0.1, -0.05) is 39.8 Å². The number of carbonyl (C=O) groups excluding carboxylic acids is 4. The zero-order chi connectivity index (χ0) is 47.8. The number of nitrogens with one attached hydrogen (secondary N) is 2. The van der Waals surface area contributed by atoms with E-state index in [4.69, 9.17) is 23.9 Å². The minimum atomic E-state index is -1.07. The number of carbonyl (C=O) groups is 4.